The molecule has 1 aromatic rings. The Bertz CT molecular complexity index is 344. The lowest BCUT2D eigenvalue weighted by molar-refractivity contribution is -0.108. The van der Waals surface area contributed by atoms with Crippen LogP contribution < -0.4 is 0 Å². The summed E-state index contributed by atoms with van der Waals surface area (Å²) in [6, 6.07) is 6.51. The van der Waals surface area contributed by atoms with E-state index in [0.29, 0.717) is 18.4 Å². The monoisotopic (exact) mass is 191 g/mol. The molecule has 0 aliphatic rings. The summed E-state index contributed by atoms with van der Waals surface area (Å²) in [4.78, 5) is 10.5. The molecule has 1 nitrogen and oxygen atoms in total. The molecule has 0 saturated carbocycles. The number of benzene rings is 1. The summed E-state index contributed by atoms with van der Waals surface area (Å²) in [7, 11) is 0. The maximum atomic E-state index is 10.5. The lowest BCUT2D eigenvalue weighted by atomic mass is 9.93. The van der Waals surface area contributed by atoms with Crippen molar-refractivity contribution in [3.05, 3.63) is 35.4 Å². The van der Waals surface area contributed by atoms with Gasteiger partial charge in [-0.1, -0.05) is 45.0 Å². The zero-order chi connectivity index (χ0) is 11.4. The summed E-state index contributed by atoms with van der Waals surface area (Å²) < 4.78 is 8.07. The van der Waals surface area contributed by atoms with Crippen molar-refractivity contribution in [2.24, 2.45) is 0 Å². The molecular formula is C13H18O. The summed E-state index contributed by atoms with van der Waals surface area (Å²) >= 11 is 0. The van der Waals surface area contributed by atoms with Crippen molar-refractivity contribution in [1.82, 2.24) is 0 Å². The largest absolute Gasteiger partial charge is 0.303 e. The van der Waals surface area contributed by atoms with Crippen LogP contribution in [0.4, 0.5) is 0 Å². The topological polar surface area (TPSA) is 17.1 Å². The summed E-state index contributed by atoms with van der Waals surface area (Å²) in [5.74, 6) is 0.509. The average molecular weight is 191 g/mol. The van der Waals surface area contributed by atoms with Crippen LogP contribution in [0.15, 0.2) is 24.2 Å². The predicted octanol–water partition coefficient (Wildman–Crippen LogP) is 3.50. The van der Waals surface area contributed by atoms with Gasteiger partial charge in [-0.3, -0.25) is 0 Å². The third-order valence-corrected chi connectivity index (χ3v) is 2.44. The van der Waals surface area contributed by atoms with E-state index in [0.717, 1.165) is 17.4 Å². The Hall–Kier alpha value is -1.11. The minimum Gasteiger partial charge on any atom is -0.303 e. The normalized spacial score (nSPS) is 13.9. The molecule has 0 radical (unpaired) electrons. The molecule has 0 fully saturated rings. The highest BCUT2D eigenvalue weighted by molar-refractivity contribution is 5.51. The number of aldehydes is 1. The molecule has 0 heterocycles. The van der Waals surface area contributed by atoms with Crippen LogP contribution in [0.5, 0.6) is 0 Å². The van der Waals surface area contributed by atoms with Gasteiger partial charge in [-0.2, -0.15) is 0 Å². The molecule has 0 bridgehead atoms. The molecule has 1 atom stereocenters. The Morgan fingerprint density at radius 3 is 2.57 bits per heavy atom. The lowest BCUT2D eigenvalue weighted by Crippen LogP contribution is -1.96. The van der Waals surface area contributed by atoms with Gasteiger partial charge in [-0.15, -0.1) is 0 Å². The fourth-order valence-corrected chi connectivity index (χ4v) is 1.40. The molecule has 0 aliphatic heterocycles. The van der Waals surface area contributed by atoms with Crippen LogP contribution in [0.1, 0.15) is 51.5 Å². The third kappa shape index (κ3) is 2.69. The highest BCUT2D eigenvalue weighted by atomic mass is 16.1. The molecule has 1 aromatic carbocycles. The Balaban J connectivity index is 3.08. The fourth-order valence-electron chi connectivity index (χ4n) is 1.40. The van der Waals surface area contributed by atoms with Crippen LogP contribution in [0, 0.1) is 0 Å². The van der Waals surface area contributed by atoms with Crippen molar-refractivity contribution < 1.29 is 6.17 Å². The number of carbonyl (C=O) groups is 1. The average Bonchev–Trinajstić information content (AvgIpc) is 2.17. The van der Waals surface area contributed by atoms with E-state index in [1.54, 1.807) is 0 Å². The van der Waals surface area contributed by atoms with Gasteiger partial charge in [0.2, 0.25) is 0 Å². The highest BCUT2D eigenvalue weighted by Gasteiger charge is 2.06. The fraction of sp³-hybridized carbons (Fsp3) is 0.462. The van der Waals surface area contributed by atoms with Gasteiger partial charge in [-0.05, 0) is 23.0 Å². The molecule has 14 heavy (non-hydrogen) atoms. The molecule has 0 amide bonds. The minimum absolute atomic E-state index is 0.147. The first-order valence-corrected chi connectivity index (χ1v) is 5.11. The predicted molar refractivity (Wildman–Crippen MR) is 59.6 cm³/mol. The highest BCUT2D eigenvalue weighted by Crippen LogP contribution is 2.22. The second-order valence-electron chi connectivity index (χ2n) is 4.02. The van der Waals surface area contributed by atoms with E-state index in [1.807, 2.05) is 25.1 Å². The molecule has 1 rings (SSSR count). The Labute approximate surface area is 87.6 Å². The molecule has 1 heteroatoms. The summed E-state index contributed by atoms with van der Waals surface area (Å²) in [6.07, 6.45) is 1.42. The van der Waals surface area contributed by atoms with Crippen LogP contribution >= 0.6 is 0 Å². The standard InChI is InChI=1S/C13H18O/c1-10(2)12-5-4-6-13(9-12)11(3)7-8-14/h4-6,8-11H,7H2,1-3H3/i9D. The molecule has 1 unspecified atom stereocenters. The molecular weight excluding hydrogens is 172 g/mol. The quantitative estimate of drug-likeness (QED) is 0.666. The van der Waals surface area contributed by atoms with Gasteiger partial charge < -0.3 is 4.79 Å². The lowest BCUT2D eigenvalue weighted by Gasteiger charge is -2.11. The Morgan fingerprint density at radius 2 is 2.00 bits per heavy atom. The number of hydrogen-bond donors (Lipinski definition) is 0. The van der Waals surface area contributed by atoms with Gasteiger partial charge in [0.1, 0.15) is 6.29 Å². The number of hydrogen-bond acceptors (Lipinski definition) is 1. The van der Waals surface area contributed by atoms with Crippen molar-refractivity contribution in [3.8, 4) is 0 Å². The van der Waals surface area contributed by atoms with Gasteiger partial charge in [0.15, 0.2) is 0 Å². The van der Waals surface area contributed by atoms with E-state index in [1.165, 1.54) is 0 Å². The van der Waals surface area contributed by atoms with Gasteiger partial charge >= 0.3 is 0 Å². The molecule has 0 aliphatic carbocycles. The van der Waals surface area contributed by atoms with Gasteiger partial charge in [0.25, 0.3) is 0 Å². The second-order valence-corrected chi connectivity index (χ2v) is 4.02. The molecule has 0 N–H and O–H groups in total. The van der Waals surface area contributed by atoms with Crippen LogP contribution in [-0.4, -0.2) is 6.29 Å². The summed E-state index contributed by atoms with van der Waals surface area (Å²) in [6.45, 7) is 6.16. The van der Waals surface area contributed by atoms with Crippen molar-refractivity contribution >= 4 is 6.29 Å². The van der Waals surface area contributed by atoms with E-state index in [9.17, 15) is 4.79 Å². The van der Waals surface area contributed by atoms with Crippen molar-refractivity contribution in [3.63, 3.8) is 0 Å². The van der Waals surface area contributed by atoms with E-state index in [4.69, 9.17) is 1.37 Å². The first kappa shape index (κ1) is 9.45. The maximum absolute atomic E-state index is 10.5. The first-order valence-electron chi connectivity index (χ1n) is 5.61. The van der Waals surface area contributed by atoms with Crippen LogP contribution in [0.2, 0.25) is 0 Å². The third-order valence-electron chi connectivity index (χ3n) is 2.44. The summed E-state index contributed by atoms with van der Waals surface area (Å²) in [5, 5.41) is 0. The molecule has 0 spiro atoms. The molecule has 76 valence electrons. The molecule has 0 saturated heterocycles. The van der Waals surface area contributed by atoms with Gasteiger partial charge in [-0.25, -0.2) is 0 Å². The Kier molecular flexibility index (Phi) is 3.33. The van der Waals surface area contributed by atoms with E-state index < -0.39 is 0 Å². The maximum Gasteiger partial charge on any atom is 0.120 e. The Morgan fingerprint density at radius 1 is 1.36 bits per heavy atom. The number of rotatable bonds is 4. The van der Waals surface area contributed by atoms with Crippen LogP contribution in [0.25, 0.3) is 0 Å². The second kappa shape index (κ2) is 4.94. The SMILES string of the molecule is [2H]c1c(C(C)C)cccc1C(C)CC=O. The van der Waals surface area contributed by atoms with Gasteiger partial charge in [0, 0.05) is 6.42 Å². The van der Waals surface area contributed by atoms with E-state index >= 15 is 0 Å². The zero-order valence-corrected chi connectivity index (χ0v) is 9.08. The van der Waals surface area contributed by atoms with E-state index in [-0.39, 0.29) is 5.92 Å². The van der Waals surface area contributed by atoms with Crippen molar-refractivity contribution in [2.45, 2.75) is 39.0 Å². The molecule has 0 aromatic heterocycles. The smallest absolute Gasteiger partial charge is 0.120 e. The summed E-state index contributed by atoms with van der Waals surface area (Å²) in [5.41, 5.74) is 2.04. The first-order chi connectivity index (χ1) is 7.07. The van der Waals surface area contributed by atoms with E-state index in [2.05, 4.69) is 13.8 Å². The van der Waals surface area contributed by atoms with Gasteiger partial charge in [0.05, 0.1) is 1.37 Å². The number of carbonyl (C=O) groups excluding carboxylic acids is 1. The van der Waals surface area contributed by atoms with Crippen LogP contribution in [0.3, 0.4) is 0 Å². The van der Waals surface area contributed by atoms with Crippen molar-refractivity contribution in [2.75, 3.05) is 0 Å². The minimum atomic E-state index is 0.147. The van der Waals surface area contributed by atoms with Crippen LogP contribution in [-0.2, 0) is 4.79 Å². The zero-order valence-electron chi connectivity index (χ0n) is 10.1. The van der Waals surface area contributed by atoms with Crippen molar-refractivity contribution in [1.29, 1.82) is 0 Å².